The number of aldehydes is 1. The number of aliphatic hydroxyl groups is 4. The van der Waals surface area contributed by atoms with Gasteiger partial charge in [0.25, 0.3) is 0 Å². The summed E-state index contributed by atoms with van der Waals surface area (Å²) < 4.78 is 50.0. The number of aliphatic hydroxyl groups excluding tert-OH is 3. The fourth-order valence-corrected chi connectivity index (χ4v) is 9.10. The third-order valence-corrected chi connectivity index (χ3v) is 12.4. The lowest BCUT2D eigenvalue weighted by molar-refractivity contribution is -0.344. The Balaban J connectivity index is 1.66. The van der Waals surface area contributed by atoms with Crippen molar-refractivity contribution in [2.45, 2.75) is 190 Å². The van der Waals surface area contributed by atoms with Gasteiger partial charge in [0, 0.05) is 32.4 Å². The van der Waals surface area contributed by atoms with Gasteiger partial charge in [-0.15, -0.1) is 0 Å². The molecule has 0 aromatic heterocycles. The minimum absolute atomic E-state index is 0.00885. The summed E-state index contributed by atoms with van der Waals surface area (Å²) >= 11 is 0. The molecule has 0 aliphatic carbocycles. The summed E-state index contributed by atoms with van der Waals surface area (Å²) in [7, 11) is 9.03. The van der Waals surface area contributed by atoms with E-state index >= 15 is 0 Å². The maximum Gasteiger partial charge on any atom is 0.308 e. The summed E-state index contributed by atoms with van der Waals surface area (Å²) in [6.45, 7) is 10.8. The summed E-state index contributed by atoms with van der Waals surface area (Å²) in [5.74, 6) is -1.47. The highest BCUT2D eigenvalue weighted by Gasteiger charge is 2.52. The van der Waals surface area contributed by atoms with Crippen molar-refractivity contribution in [2.75, 3.05) is 35.3 Å². The van der Waals surface area contributed by atoms with Gasteiger partial charge in [0.2, 0.25) is 0 Å². The van der Waals surface area contributed by atoms with E-state index in [1.807, 2.05) is 52.2 Å². The number of rotatable bonds is 11. The highest BCUT2D eigenvalue weighted by Crippen LogP contribution is 2.37. The van der Waals surface area contributed by atoms with Crippen LogP contribution in [0, 0.1) is 11.8 Å². The molecule has 0 amide bonds. The highest BCUT2D eigenvalue weighted by molar-refractivity contribution is 5.70. The van der Waals surface area contributed by atoms with Gasteiger partial charge in [0.05, 0.1) is 54.7 Å². The van der Waals surface area contributed by atoms with Crippen LogP contribution in [0.25, 0.3) is 0 Å². The molecule has 0 aromatic rings. The van der Waals surface area contributed by atoms with Crippen LogP contribution in [-0.4, -0.2) is 181 Å². The molecule has 16 nitrogen and oxygen atoms in total. The molecule has 0 saturated carbocycles. The minimum atomic E-state index is -1.47. The first-order valence-electron chi connectivity index (χ1n) is 21.3. The molecule has 4 N–H and O–H groups in total. The van der Waals surface area contributed by atoms with Gasteiger partial charge in [-0.2, -0.15) is 0 Å². The highest BCUT2D eigenvalue weighted by atomic mass is 16.7. The van der Waals surface area contributed by atoms with Crippen molar-refractivity contribution < 1.29 is 67.9 Å². The van der Waals surface area contributed by atoms with Crippen LogP contribution in [0.4, 0.5) is 0 Å². The van der Waals surface area contributed by atoms with Crippen molar-refractivity contribution >= 4 is 12.3 Å². The lowest BCUT2D eigenvalue weighted by Gasteiger charge is -2.50. The topological polar surface area (TPSA) is 195 Å². The zero-order valence-electron chi connectivity index (χ0n) is 37.0. The summed E-state index contributed by atoms with van der Waals surface area (Å²) in [4.78, 5) is 29.5. The Hall–Kier alpha value is -1.90. The molecular formula is C43H74N2O14. The number of allylic oxidation sites excluding steroid dienone is 2. The molecule has 0 bridgehead atoms. The molecule has 0 spiro atoms. The molecule has 59 heavy (non-hydrogen) atoms. The summed E-state index contributed by atoms with van der Waals surface area (Å²) in [5, 5.41) is 45.1. The molecule has 3 saturated heterocycles. The monoisotopic (exact) mass is 843 g/mol. The smallest absolute Gasteiger partial charge is 0.308 e. The van der Waals surface area contributed by atoms with E-state index in [0.29, 0.717) is 19.3 Å². The number of ether oxygens (including phenoxy) is 8. The van der Waals surface area contributed by atoms with E-state index in [2.05, 4.69) is 4.90 Å². The molecular weight excluding hydrogens is 768 g/mol. The van der Waals surface area contributed by atoms with Crippen molar-refractivity contribution in [3.05, 3.63) is 24.3 Å². The predicted molar refractivity (Wildman–Crippen MR) is 217 cm³/mol. The first-order valence-corrected chi connectivity index (χ1v) is 21.3. The molecule has 0 radical (unpaired) electrons. The number of carbonyl (C=O) groups is 2. The van der Waals surface area contributed by atoms with Crippen molar-refractivity contribution in [3.63, 3.8) is 0 Å². The average Bonchev–Trinajstić information content (AvgIpc) is 3.13. The number of hydrogen-bond acceptors (Lipinski definition) is 16. The summed E-state index contributed by atoms with van der Waals surface area (Å²) in [5.41, 5.74) is -1.47. The Bertz CT molecular complexity index is 1370. The van der Waals surface area contributed by atoms with Crippen LogP contribution in [0.5, 0.6) is 0 Å². The van der Waals surface area contributed by atoms with Crippen LogP contribution < -0.4 is 0 Å². The zero-order valence-corrected chi connectivity index (χ0v) is 37.0. The minimum Gasteiger partial charge on any atom is -0.462 e. The second-order valence-electron chi connectivity index (χ2n) is 17.8. The van der Waals surface area contributed by atoms with Gasteiger partial charge in [-0.05, 0) is 93.9 Å². The fraction of sp³-hybridized carbons (Fsp3) is 0.860. The van der Waals surface area contributed by atoms with Crippen LogP contribution in [0.1, 0.15) is 86.5 Å². The largest absolute Gasteiger partial charge is 0.462 e. The number of carbonyl (C=O) groups excluding carboxylic acids is 2. The first kappa shape index (κ1) is 49.8. The molecule has 3 fully saturated rings. The first-order chi connectivity index (χ1) is 27.8. The normalized spacial score (nSPS) is 45.8. The maximum absolute atomic E-state index is 13.1. The van der Waals surface area contributed by atoms with Gasteiger partial charge in [0.15, 0.2) is 18.9 Å². The Kier molecular flexibility index (Phi) is 18.9. The van der Waals surface area contributed by atoms with Gasteiger partial charge < -0.3 is 72.9 Å². The van der Waals surface area contributed by atoms with Crippen LogP contribution in [0.2, 0.25) is 0 Å². The number of likely N-dealkylation sites (N-methyl/N-ethyl adjacent to an activating group) is 2. The Morgan fingerprint density at radius 3 is 2.17 bits per heavy atom. The lowest BCUT2D eigenvalue weighted by Crippen LogP contribution is -2.65. The quantitative estimate of drug-likeness (QED) is 0.175. The van der Waals surface area contributed by atoms with Gasteiger partial charge in [-0.25, -0.2) is 0 Å². The van der Waals surface area contributed by atoms with Crippen molar-refractivity contribution in [1.82, 2.24) is 9.80 Å². The molecule has 16 heteroatoms. The third kappa shape index (κ3) is 13.3. The molecule has 4 aliphatic heterocycles. The number of methoxy groups -OCH3 is 1. The molecule has 0 aromatic carbocycles. The number of esters is 1. The second kappa shape index (κ2) is 22.5. The average molecular weight is 843 g/mol. The van der Waals surface area contributed by atoms with Gasteiger partial charge in [-0.1, -0.05) is 31.2 Å². The van der Waals surface area contributed by atoms with Crippen LogP contribution >= 0.6 is 0 Å². The molecule has 4 rings (SSSR count). The molecule has 4 heterocycles. The fourth-order valence-electron chi connectivity index (χ4n) is 9.10. The van der Waals surface area contributed by atoms with Crippen LogP contribution in [0.15, 0.2) is 24.3 Å². The number of cyclic esters (lactones) is 1. The van der Waals surface area contributed by atoms with E-state index in [9.17, 15) is 30.0 Å². The van der Waals surface area contributed by atoms with Crippen molar-refractivity contribution in [3.8, 4) is 0 Å². The maximum atomic E-state index is 13.1. The van der Waals surface area contributed by atoms with E-state index in [-0.39, 0.29) is 30.9 Å². The van der Waals surface area contributed by atoms with Crippen LogP contribution in [-0.2, 0) is 47.5 Å². The third-order valence-electron chi connectivity index (χ3n) is 12.4. The second-order valence-corrected chi connectivity index (χ2v) is 17.8. The van der Waals surface area contributed by atoms with E-state index in [0.717, 1.165) is 12.7 Å². The lowest BCUT2D eigenvalue weighted by atomic mass is 9.82. The van der Waals surface area contributed by atoms with E-state index in [1.54, 1.807) is 39.8 Å². The number of nitrogens with zero attached hydrogens (tertiary/aromatic N) is 2. The van der Waals surface area contributed by atoms with Gasteiger partial charge in [0.1, 0.15) is 36.8 Å². The Morgan fingerprint density at radius 2 is 1.56 bits per heavy atom. The van der Waals surface area contributed by atoms with E-state index < -0.39 is 110 Å². The van der Waals surface area contributed by atoms with E-state index in [1.165, 1.54) is 14.0 Å². The zero-order chi connectivity index (χ0) is 43.8. The van der Waals surface area contributed by atoms with Gasteiger partial charge in [-0.3, -0.25) is 4.79 Å². The van der Waals surface area contributed by atoms with Crippen molar-refractivity contribution in [2.24, 2.45) is 11.8 Å². The van der Waals surface area contributed by atoms with Crippen molar-refractivity contribution in [1.29, 1.82) is 0 Å². The standard InChI is InChI=1S/C43H74N2O14/c1-24-21-29(19-20-46)39(59-42-37(49)36(45(9)10)38(27(4)56-42)58-35-23-43(6,51)41(50)28(5)55-35)40(52-11)31(47)22-33(48)53-25(2)15-13-12-14-16-32(24)57-34-18-17-30(44(7)8)26(3)54-34/h12-14,16,20,24-32,34-42,47,49-51H,15,17-19,21-23H2,1-11H3/b13-12+,16-14+/t24-,25+,26-,27-,28+,29+,30+,31-,32+,34+,35+,36-,37-,38-,39+,40+,41-,42+,43-/m1/s1. The summed E-state index contributed by atoms with van der Waals surface area (Å²) in [6, 6.07) is -0.466. The molecule has 340 valence electrons. The number of hydrogen-bond donors (Lipinski definition) is 4. The molecule has 4 aliphatic rings. The van der Waals surface area contributed by atoms with Gasteiger partial charge >= 0.3 is 5.97 Å². The SMILES string of the molecule is CO[C@@H]1[C@@H](O[C@@H]2O[C@H](C)[C@@H](O[C@H]3C[C@@](C)(O)[C@H](O)[C@H](C)O3)[C@H](N(C)C)[C@H]2O)[C@@H](CC=O)C[C@@H](C)[C@@H](O[C@H]2CC[C@H](N(C)C)[C@@H](C)O2)/C=C/C=C/C[C@H](C)OC(=O)C[C@H]1O. The summed E-state index contributed by atoms with van der Waals surface area (Å²) in [6.07, 6.45) is -1.56. The predicted octanol–water partition coefficient (Wildman–Crippen LogP) is 2.33. The molecule has 19 atom stereocenters. The van der Waals surface area contributed by atoms with Crippen LogP contribution in [0.3, 0.4) is 0 Å². The van der Waals surface area contributed by atoms with E-state index in [4.69, 9.17) is 37.9 Å². The Morgan fingerprint density at radius 1 is 0.864 bits per heavy atom. The Labute approximate surface area is 351 Å². The molecule has 0 unspecified atom stereocenters.